The Hall–Kier alpha value is -0.100. The molecule has 1 aliphatic rings. The number of hydrogen-bond acceptors (Lipinski definition) is 14. The first-order chi connectivity index (χ1) is 13.8. The molecule has 1 aliphatic heterocycles. The van der Waals surface area contributed by atoms with Gasteiger partial charge >= 0.3 is 15.6 Å². The van der Waals surface area contributed by atoms with E-state index in [9.17, 15) is 39.3 Å². The monoisotopic (exact) mass is 488 g/mol. The first kappa shape index (κ1) is 27.9. The van der Waals surface area contributed by atoms with Gasteiger partial charge in [0.15, 0.2) is 6.29 Å². The highest BCUT2D eigenvalue weighted by molar-refractivity contribution is 7.47. The van der Waals surface area contributed by atoms with E-state index in [4.69, 9.17) is 20.1 Å². The number of ether oxygens (including phenoxy) is 1. The molecule has 0 aromatic rings. The molecule has 0 aliphatic carbocycles. The van der Waals surface area contributed by atoms with Crippen LogP contribution in [0.5, 0.6) is 0 Å². The van der Waals surface area contributed by atoms with Crippen LogP contribution in [0.25, 0.3) is 0 Å². The summed E-state index contributed by atoms with van der Waals surface area (Å²) >= 11 is 0. The second-order valence-electron chi connectivity index (χ2n) is 6.12. The van der Waals surface area contributed by atoms with E-state index in [0.717, 1.165) is 0 Å². The van der Waals surface area contributed by atoms with Crippen molar-refractivity contribution in [3.05, 3.63) is 0 Å². The highest BCUT2D eigenvalue weighted by atomic mass is 31.2. The van der Waals surface area contributed by atoms with Crippen LogP contribution in [-0.4, -0.2) is 121 Å². The van der Waals surface area contributed by atoms with Crippen molar-refractivity contribution in [3.8, 4) is 0 Å². The van der Waals surface area contributed by atoms with Crippen molar-refractivity contribution in [2.24, 2.45) is 0 Å². The second kappa shape index (κ2) is 12.2. The van der Waals surface area contributed by atoms with Gasteiger partial charge < -0.3 is 50.3 Å². The highest BCUT2D eigenvalue weighted by Crippen LogP contribution is 2.47. The van der Waals surface area contributed by atoms with Crippen molar-refractivity contribution in [1.29, 1.82) is 0 Å². The molecule has 0 aromatic heterocycles. The minimum atomic E-state index is -5.03. The van der Waals surface area contributed by atoms with Crippen molar-refractivity contribution in [3.63, 3.8) is 0 Å². The van der Waals surface area contributed by atoms with Crippen LogP contribution in [0.4, 0.5) is 0 Å². The Morgan fingerprint density at radius 2 is 1.30 bits per heavy atom. The summed E-state index contributed by atoms with van der Waals surface area (Å²) in [5.74, 6) is 0. The van der Waals surface area contributed by atoms with E-state index in [1.807, 2.05) is 0 Å². The van der Waals surface area contributed by atoms with Gasteiger partial charge in [0, 0.05) is 0 Å². The van der Waals surface area contributed by atoms with Crippen molar-refractivity contribution < 1.29 is 77.5 Å². The SMILES string of the molecule is O=P(O)(OCC(O)CO)OCC(O)COP(=O)(O)OC1OC(CO)C(O)C(O)C1O. The van der Waals surface area contributed by atoms with Gasteiger partial charge in [0.2, 0.25) is 0 Å². The molecule has 1 saturated heterocycles. The zero-order valence-electron chi connectivity index (χ0n) is 15.4. The molecule has 0 spiro atoms. The van der Waals surface area contributed by atoms with Gasteiger partial charge in [-0.05, 0) is 0 Å². The molecule has 1 fully saturated rings. The zero-order valence-corrected chi connectivity index (χ0v) is 17.1. The van der Waals surface area contributed by atoms with E-state index in [2.05, 4.69) is 18.1 Å². The Morgan fingerprint density at radius 1 is 0.800 bits per heavy atom. The van der Waals surface area contributed by atoms with E-state index in [-0.39, 0.29) is 0 Å². The third kappa shape index (κ3) is 9.18. The van der Waals surface area contributed by atoms with Crippen LogP contribution in [0.1, 0.15) is 0 Å². The Labute approximate surface area is 170 Å². The topological polar surface area (TPSA) is 262 Å². The molecule has 0 amide bonds. The molecule has 0 bridgehead atoms. The van der Waals surface area contributed by atoms with Crippen LogP contribution < -0.4 is 0 Å². The molecule has 1 rings (SSSR count). The van der Waals surface area contributed by atoms with Crippen molar-refractivity contribution in [1.82, 2.24) is 0 Å². The molecule has 9 N–H and O–H groups in total. The average molecular weight is 488 g/mol. The fourth-order valence-electron chi connectivity index (χ4n) is 1.99. The molecule has 0 radical (unpaired) electrons. The van der Waals surface area contributed by atoms with Crippen molar-refractivity contribution >= 4 is 15.6 Å². The molecule has 0 aromatic carbocycles. The maximum Gasteiger partial charge on any atom is 0.474 e. The summed E-state index contributed by atoms with van der Waals surface area (Å²) in [4.78, 5) is 18.9. The van der Waals surface area contributed by atoms with Gasteiger partial charge in [-0.15, -0.1) is 0 Å². The molecule has 16 nitrogen and oxygen atoms in total. The van der Waals surface area contributed by atoms with Gasteiger partial charge in [-0.25, -0.2) is 9.13 Å². The third-order valence-electron chi connectivity index (χ3n) is 3.59. The number of hydrogen-bond donors (Lipinski definition) is 9. The van der Waals surface area contributed by atoms with Crippen LogP contribution >= 0.6 is 15.6 Å². The maximum atomic E-state index is 11.9. The van der Waals surface area contributed by atoms with Gasteiger partial charge in [0.05, 0.1) is 33.0 Å². The van der Waals surface area contributed by atoms with E-state index >= 15 is 0 Å². The number of aliphatic hydroxyl groups is 7. The van der Waals surface area contributed by atoms with Crippen LogP contribution in [-0.2, 0) is 32.0 Å². The van der Waals surface area contributed by atoms with Gasteiger partial charge in [0.1, 0.15) is 36.6 Å². The Bertz CT molecular complexity index is 603. The summed E-state index contributed by atoms with van der Waals surface area (Å²) in [6.07, 6.45) is -12.1. The molecule has 9 atom stereocenters. The third-order valence-corrected chi connectivity index (χ3v) is 5.49. The van der Waals surface area contributed by atoms with Crippen molar-refractivity contribution in [2.45, 2.75) is 42.9 Å². The first-order valence-electron chi connectivity index (χ1n) is 8.37. The van der Waals surface area contributed by atoms with Gasteiger partial charge in [-0.2, -0.15) is 0 Å². The fraction of sp³-hybridized carbons (Fsp3) is 1.00. The van der Waals surface area contributed by atoms with Crippen LogP contribution in [0, 0.1) is 0 Å². The lowest BCUT2D eigenvalue weighted by Gasteiger charge is -2.39. The Balaban J connectivity index is 2.48. The lowest BCUT2D eigenvalue weighted by Crippen LogP contribution is -2.58. The zero-order chi connectivity index (χ0) is 23.1. The number of phosphoric acid groups is 2. The molecule has 180 valence electrons. The summed E-state index contributed by atoms with van der Waals surface area (Å²) in [7, 11) is -9.74. The average Bonchev–Trinajstić information content (AvgIpc) is 2.69. The largest absolute Gasteiger partial charge is 0.474 e. The number of rotatable bonds is 13. The van der Waals surface area contributed by atoms with E-state index in [0.29, 0.717) is 0 Å². The summed E-state index contributed by atoms with van der Waals surface area (Å²) in [5.41, 5.74) is 0. The molecule has 0 saturated carbocycles. The maximum absolute atomic E-state index is 11.9. The van der Waals surface area contributed by atoms with E-state index in [1.165, 1.54) is 0 Å². The van der Waals surface area contributed by atoms with E-state index in [1.54, 1.807) is 0 Å². The summed E-state index contributed by atoms with van der Waals surface area (Å²) in [6, 6.07) is 0. The van der Waals surface area contributed by atoms with Crippen LogP contribution in [0.2, 0.25) is 0 Å². The van der Waals surface area contributed by atoms with Crippen LogP contribution in [0.15, 0.2) is 0 Å². The second-order valence-corrected chi connectivity index (χ2v) is 8.98. The lowest BCUT2D eigenvalue weighted by atomic mass is 10.00. The predicted octanol–water partition coefficient (Wildman–Crippen LogP) is -4.23. The van der Waals surface area contributed by atoms with Gasteiger partial charge in [-0.1, -0.05) is 0 Å². The molecular weight excluding hydrogens is 462 g/mol. The smallest absolute Gasteiger partial charge is 0.394 e. The lowest BCUT2D eigenvalue weighted by molar-refractivity contribution is -0.281. The minimum Gasteiger partial charge on any atom is -0.394 e. The highest BCUT2D eigenvalue weighted by Gasteiger charge is 2.46. The fourth-order valence-corrected chi connectivity index (χ4v) is 3.65. The normalized spacial score (nSPS) is 33.4. The molecule has 9 unspecified atom stereocenters. The van der Waals surface area contributed by atoms with Gasteiger partial charge in [-0.3, -0.25) is 18.1 Å². The number of phosphoric ester groups is 2. The Morgan fingerprint density at radius 3 is 1.80 bits per heavy atom. The molecule has 18 heteroatoms. The molecular formula is C12H26O16P2. The molecule has 1 heterocycles. The van der Waals surface area contributed by atoms with Gasteiger partial charge in [0.25, 0.3) is 0 Å². The van der Waals surface area contributed by atoms with Crippen molar-refractivity contribution in [2.75, 3.05) is 33.0 Å². The minimum absolute atomic E-state index is 0.739. The summed E-state index contributed by atoms with van der Waals surface area (Å²) in [6.45, 7) is -4.17. The predicted molar refractivity (Wildman–Crippen MR) is 91.5 cm³/mol. The molecule has 30 heavy (non-hydrogen) atoms. The first-order valence-corrected chi connectivity index (χ1v) is 11.4. The standard InChI is InChI=1S/C12H26O16P2/c13-1-6(15)3-24-29(20,21)25-4-7(16)5-26-30(22,23)28-12-11(19)10(18)9(17)8(2-14)27-12/h6-19H,1-5H2,(H,20,21)(H,22,23). The summed E-state index contributed by atoms with van der Waals surface area (Å²) < 4.78 is 45.9. The Kier molecular flexibility index (Phi) is 11.4. The van der Waals surface area contributed by atoms with Crippen LogP contribution in [0.3, 0.4) is 0 Å². The quantitative estimate of drug-likeness (QED) is 0.111. The number of aliphatic hydroxyl groups excluding tert-OH is 7. The summed E-state index contributed by atoms with van der Waals surface area (Å²) in [5, 5.41) is 65.2. The van der Waals surface area contributed by atoms with E-state index < -0.39 is 91.6 Å².